The number of carbonyl (C=O) groups excluding carboxylic acids is 2. The van der Waals surface area contributed by atoms with Crippen molar-refractivity contribution in [3.63, 3.8) is 0 Å². The van der Waals surface area contributed by atoms with Crippen LogP contribution in [0.2, 0.25) is 0 Å². The average molecular weight is 408 g/mol. The van der Waals surface area contributed by atoms with Crippen molar-refractivity contribution in [2.75, 3.05) is 19.5 Å². The fraction of sp³-hybridized carbons (Fsp3) is 0.222. The van der Waals surface area contributed by atoms with Crippen LogP contribution in [0.4, 0.5) is 5.69 Å². The number of nitrogens with two attached hydrogens (primary N) is 1. The van der Waals surface area contributed by atoms with Gasteiger partial charge >= 0.3 is 5.97 Å². The van der Waals surface area contributed by atoms with Gasteiger partial charge in [0.05, 0.1) is 19.1 Å². The number of anilines is 1. The van der Waals surface area contributed by atoms with Crippen molar-refractivity contribution in [1.82, 2.24) is 0 Å². The number of sulfonamides is 1. The quantitative estimate of drug-likeness (QED) is 0.664. The average Bonchev–Trinajstić information content (AvgIpc) is 2.66. The maximum absolute atomic E-state index is 12.4. The fourth-order valence-corrected chi connectivity index (χ4v) is 2.74. The molecule has 0 aliphatic rings. The van der Waals surface area contributed by atoms with E-state index in [1.807, 2.05) is 0 Å². The summed E-state index contributed by atoms with van der Waals surface area (Å²) < 4.78 is 37.9. The Morgan fingerprint density at radius 3 is 2.21 bits per heavy atom. The molecule has 1 amide bonds. The van der Waals surface area contributed by atoms with E-state index in [-0.39, 0.29) is 16.2 Å². The second-order valence-electron chi connectivity index (χ2n) is 5.67. The molecule has 0 aromatic heterocycles. The third-order valence-electron chi connectivity index (χ3n) is 3.73. The van der Waals surface area contributed by atoms with E-state index in [4.69, 9.17) is 19.3 Å². The van der Waals surface area contributed by atoms with E-state index in [9.17, 15) is 18.0 Å². The number of rotatable bonds is 7. The molecular formula is C18H20N2O7S. The molecule has 0 unspecified atom stereocenters. The summed E-state index contributed by atoms with van der Waals surface area (Å²) in [6.07, 6.45) is -1.12. The standard InChI is InChI=1S/C18H20N2O7S/c1-11(17(21)20-12-4-7-14(8-5-12)28(19,23)24)27-18(22)15-10-13(25-2)6-9-16(15)26-3/h4-11H,1-3H3,(H,20,21)(H2,19,23,24)/t11-/m1/s1. The Morgan fingerprint density at radius 1 is 1.04 bits per heavy atom. The van der Waals surface area contributed by atoms with E-state index in [0.717, 1.165) is 0 Å². The van der Waals surface area contributed by atoms with Gasteiger partial charge in [0.2, 0.25) is 10.0 Å². The van der Waals surface area contributed by atoms with Gasteiger partial charge in [-0.15, -0.1) is 0 Å². The molecule has 28 heavy (non-hydrogen) atoms. The molecular weight excluding hydrogens is 388 g/mol. The molecule has 0 heterocycles. The van der Waals surface area contributed by atoms with Gasteiger partial charge in [0.25, 0.3) is 5.91 Å². The summed E-state index contributed by atoms with van der Waals surface area (Å²) in [4.78, 5) is 24.6. The molecule has 0 fully saturated rings. The molecule has 9 nitrogen and oxygen atoms in total. The number of hydrogen-bond acceptors (Lipinski definition) is 7. The number of hydrogen-bond donors (Lipinski definition) is 2. The molecule has 0 saturated carbocycles. The van der Waals surface area contributed by atoms with Crippen molar-refractivity contribution in [3.05, 3.63) is 48.0 Å². The van der Waals surface area contributed by atoms with Gasteiger partial charge in [-0.25, -0.2) is 18.4 Å². The lowest BCUT2D eigenvalue weighted by atomic mass is 10.2. The van der Waals surface area contributed by atoms with Crippen LogP contribution in [-0.4, -0.2) is 40.6 Å². The second kappa shape index (κ2) is 8.72. The Hall–Kier alpha value is -3.11. The highest BCUT2D eigenvalue weighted by molar-refractivity contribution is 7.89. The Morgan fingerprint density at radius 2 is 1.68 bits per heavy atom. The van der Waals surface area contributed by atoms with E-state index in [0.29, 0.717) is 11.4 Å². The molecule has 1 atom stereocenters. The number of benzene rings is 2. The zero-order valence-electron chi connectivity index (χ0n) is 15.5. The summed E-state index contributed by atoms with van der Waals surface area (Å²) in [5.74, 6) is -0.654. The minimum absolute atomic E-state index is 0.0879. The Labute approximate surface area is 162 Å². The predicted molar refractivity (Wildman–Crippen MR) is 101 cm³/mol. The zero-order chi connectivity index (χ0) is 20.9. The first-order valence-electron chi connectivity index (χ1n) is 8.02. The molecule has 0 aliphatic heterocycles. The fourth-order valence-electron chi connectivity index (χ4n) is 2.22. The van der Waals surface area contributed by atoms with Gasteiger partial charge in [0.15, 0.2) is 6.10 Å². The molecule has 0 radical (unpaired) electrons. The Balaban J connectivity index is 2.07. The van der Waals surface area contributed by atoms with E-state index >= 15 is 0 Å². The topological polar surface area (TPSA) is 134 Å². The Kier molecular flexibility index (Phi) is 6.60. The molecule has 0 aliphatic carbocycles. The number of ether oxygens (including phenoxy) is 3. The third-order valence-corrected chi connectivity index (χ3v) is 4.66. The van der Waals surface area contributed by atoms with Crippen molar-refractivity contribution in [1.29, 1.82) is 0 Å². The van der Waals surface area contributed by atoms with E-state index < -0.39 is 28.0 Å². The van der Waals surface area contributed by atoms with Crippen molar-refractivity contribution in [3.8, 4) is 11.5 Å². The van der Waals surface area contributed by atoms with Gasteiger partial charge in [-0.05, 0) is 49.4 Å². The van der Waals surface area contributed by atoms with Crippen molar-refractivity contribution < 1.29 is 32.2 Å². The molecule has 2 rings (SSSR count). The molecule has 10 heteroatoms. The van der Waals surface area contributed by atoms with Crippen molar-refractivity contribution in [2.45, 2.75) is 17.9 Å². The highest BCUT2D eigenvalue weighted by Crippen LogP contribution is 2.25. The van der Waals surface area contributed by atoms with Crippen LogP contribution in [0.25, 0.3) is 0 Å². The summed E-state index contributed by atoms with van der Waals surface area (Å²) in [6, 6.07) is 9.86. The Bertz CT molecular complexity index is 972. The lowest BCUT2D eigenvalue weighted by molar-refractivity contribution is -0.123. The molecule has 3 N–H and O–H groups in total. The predicted octanol–water partition coefficient (Wildman–Crippen LogP) is 1.54. The van der Waals surface area contributed by atoms with Gasteiger partial charge < -0.3 is 19.5 Å². The summed E-state index contributed by atoms with van der Waals surface area (Å²) in [5, 5.41) is 7.54. The first-order valence-corrected chi connectivity index (χ1v) is 9.57. The van der Waals surface area contributed by atoms with Gasteiger partial charge in [0, 0.05) is 5.69 Å². The van der Waals surface area contributed by atoms with Crippen LogP contribution in [0.3, 0.4) is 0 Å². The van der Waals surface area contributed by atoms with E-state index in [2.05, 4.69) is 5.32 Å². The molecule has 0 bridgehead atoms. The highest BCUT2D eigenvalue weighted by Gasteiger charge is 2.22. The van der Waals surface area contributed by atoms with Crippen LogP contribution in [0, 0.1) is 0 Å². The molecule has 0 spiro atoms. The first kappa shape index (κ1) is 21.2. The monoisotopic (exact) mass is 408 g/mol. The van der Waals surface area contributed by atoms with Crippen LogP contribution in [0.1, 0.15) is 17.3 Å². The second-order valence-corrected chi connectivity index (χ2v) is 7.23. The number of esters is 1. The normalized spacial score (nSPS) is 12.0. The van der Waals surface area contributed by atoms with Gasteiger partial charge in [-0.2, -0.15) is 0 Å². The van der Waals surface area contributed by atoms with Crippen molar-refractivity contribution >= 4 is 27.6 Å². The SMILES string of the molecule is COc1ccc(OC)c(C(=O)O[C@H](C)C(=O)Nc2ccc(S(N)(=O)=O)cc2)c1. The van der Waals surface area contributed by atoms with Gasteiger partial charge in [0.1, 0.15) is 17.1 Å². The van der Waals surface area contributed by atoms with Crippen LogP contribution in [0.5, 0.6) is 11.5 Å². The number of nitrogens with one attached hydrogen (secondary N) is 1. The minimum atomic E-state index is -3.83. The summed E-state index contributed by atoms with van der Waals surface area (Å²) in [6.45, 7) is 1.40. The first-order chi connectivity index (χ1) is 13.2. The van der Waals surface area contributed by atoms with E-state index in [1.54, 1.807) is 12.1 Å². The summed E-state index contributed by atoms with van der Waals surface area (Å²) in [5.41, 5.74) is 0.429. The number of methoxy groups -OCH3 is 2. The summed E-state index contributed by atoms with van der Waals surface area (Å²) >= 11 is 0. The van der Waals surface area contributed by atoms with Crippen LogP contribution in [0.15, 0.2) is 47.4 Å². The van der Waals surface area contributed by atoms with Crippen molar-refractivity contribution in [2.24, 2.45) is 5.14 Å². The van der Waals surface area contributed by atoms with Crippen LogP contribution in [-0.2, 0) is 19.6 Å². The van der Waals surface area contributed by atoms with Gasteiger partial charge in [-0.3, -0.25) is 4.79 Å². The molecule has 2 aromatic rings. The number of primary sulfonamides is 1. The summed E-state index contributed by atoms with van der Waals surface area (Å²) in [7, 11) is -0.972. The third kappa shape index (κ3) is 5.21. The lowest BCUT2D eigenvalue weighted by Gasteiger charge is -2.15. The van der Waals surface area contributed by atoms with Crippen LogP contribution >= 0.6 is 0 Å². The number of carbonyl (C=O) groups is 2. The van der Waals surface area contributed by atoms with Gasteiger partial charge in [-0.1, -0.05) is 0 Å². The lowest BCUT2D eigenvalue weighted by Crippen LogP contribution is -2.30. The minimum Gasteiger partial charge on any atom is -0.497 e. The molecule has 150 valence electrons. The molecule has 0 saturated heterocycles. The largest absolute Gasteiger partial charge is 0.497 e. The maximum atomic E-state index is 12.4. The van der Waals surface area contributed by atoms with Crippen LogP contribution < -0.4 is 19.9 Å². The highest BCUT2D eigenvalue weighted by atomic mass is 32.2. The maximum Gasteiger partial charge on any atom is 0.342 e. The molecule has 2 aromatic carbocycles. The number of amides is 1. The smallest absolute Gasteiger partial charge is 0.342 e. The van der Waals surface area contributed by atoms with E-state index in [1.165, 1.54) is 51.5 Å². The zero-order valence-corrected chi connectivity index (χ0v) is 16.3.